The molecule has 52 heavy (non-hydrogen) atoms. The van der Waals surface area contributed by atoms with E-state index in [0.717, 1.165) is 55.6 Å². The number of rotatable bonds is 5. The van der Waals surface area contributed by atoms with E-state index < -0.39 is 0 Å². The number of anilines is 1. The first-order valence-corrected chi connectivity index (χ1v) is 17.8. The largest absolute Gasteiger partial charge is 0.374 e. The standard InChI is InChI=1S/C49H33N3/c1-4-11-32(12-5-1)42-31-46(34-15-8-3-9-16-34)50-45-28-24-39-29-38(21-25-41(39)47(42)45)37-17-10-18-40(30-37)44-27-23-36-20-19-35-22-26-43(33-13-6-2-7-14-33)51-48(35)49(36)52-44/h1-31,46,50H. The normalized spacial score (nSPS) is 13.8. The number of hydrogen-bond acceptors (Lipinski definition) is 3. The zero-order valence-electron chi connectivity index (χ0n) is 28.4. The molecule has 0 fully saturated rings. The molecule has 3 nitrogen and oxygen atoms in total. The molecule has 3 heteroatoms. The van der Waals surface area contributed by atoms with Crippen LogP contribution in [0.2, 0.25) is 0 Å². The molecule has 1 N–H and O–H groups in total. The fraction of sp³-hybridized carbons (Fsp3) is 0.0204. The minimum atomic E-state index is 0.0896. The fourth-order valence-electron chi connectivity index (χ4n) is 7.63. The van der Waals surface area contributed by atoms with E-state index in [4.69, 9.17) is 9.97 Å². The summed E-state index contributed by atoms with van der Waals surface area (Å²) in [6.07, 6.45) is 2.38. The van der Waals surface area contributed by atoms with Crippen molar-refractivity contribution in [3.05, 3.63) is 205 Å². The Morgan fingerprint density at radius 1 is 0.404 bits per heavy atom. The number of hydrogen-bond donors (Lipinski definition) is 1. The third kappa shape index (κ3) is 5.31. The first-order chi connectivity index (χ1) is 25.7. The number of pyridine rings is 2. The molecular weight excluding hydrogens is 631 g/mol. The lowest BCUT2D eigenvalue weighted by Crippen LogP contribution is -2.15. The minimum absolute atomic E-state index is 0.0896. The van der Waals surface area contributed by atoms with Crippen molar-refractivity contribution in [2.75, 3.05) is 5.32 Å². The molecule has 0 radical (unpaired) electrons. The first-order valence-electron chi connectivity index (χ1n) is 17.8. The van der Waals surface area contributed by atoms with Gasteiger partial charge in [-0.3, -0.25) is 0 Å². The van der Waals surface area contributed by atoms with Crippen LogP contribution in [0.4, 0.5) is 5.69 Å². The van der Waals surface area contributed by atoms with E-state index in [1.165, 1.54) is 38.6 Å². The maximum atomic E-state index is 5.23. The van der Waals surface area contributed by atoms with Crippen molar-refractivity contribution in [3.63, 3.8) is 0 Å². The van der Waals surface area contributed by atoms with Crippen molar-refractivity contribution in [3.8, 4) is 33.6 Å². The van der Waals surface area contributed by atoms with E-state index in [1.54, 1.807) is 0 Å². The lowest BCUT2D eigenvalue weighted by atomic mass is 9.85. The Balaban J connectivity index is 1.04. The van der Waals surface area contributed by atoms with E-state index in [1.807, 2.05) is 6.07 Å². The summed E-state index contributed by atoms with van der Waals surface area (Å²) in [4.78, 5) is 10.3. The van der Waals surface area contributed by atoms with Gasteiger partial charge in [-0.05, 0) is 75.0 Å². The van der Waals surface area contributed by atoms with Crippen molar-refractivity contribution in [1.29, 1.82) is 0 Å². The van der Waals surface area contributed by atoms with Crippen molar-refractivity contribution in [2.45, 2.75) is 6.04 Å². The Hall–Kier alpha value is -6.84. The van der Waals surface area contributed by atoms with Gasteiger partial charge in [-0.15, -0.1) is 0 Å². The second-order valence-corrected chi connectivity index (χ2v) is 13.5. The van der Waals surface area contributed by atoms with Gasteiger partial charge in [-0.2, -0.15) is 0 Å². The third-order valence-electron chi connectivity index (χ3n) is 10.3. The molecule has 0 aliphatic carbocycles. The molecule has 1 atom stereocenters. The van der Waals surface area contributed by atoms with Crippen LogP contribution in [0.5, 0.6) is 0 Å². The van der Waals surface area contributed by atoms with Crippen molar-refractivity contribution < 1.29 is 0 Å². The highest BCUT2D eigenvalue weighted by atomic mass is 14.9. The lowest BCUT2D eigenvalue weighted by molar-refractivity contribution is 0.974. The van der Waals surface area contributed by atoms with Gasteiger partial charge in [0, 0.05) is 33.2 Å². The van der Waals surface area contributed by atoms with Crippen LogP contribution in [0, 0.1) is 0 Å². The van der Waals surface area contributed by atoms with Gasteiger partial charge in [-0.1, -0.05) is 152 Å². The highest BCUT2D eigenvalue weighted by Gasteiger charge is 2.23. The van der Waals surface area contributed by atoms with E-state index in [9.17, 15) is 0 Å². The van der Waals surface area contributed by atoms with Crippen LogP contribution in [-0.2, 0) is 0 Å². The molecule has 1 unspecified atom stereocenters. The van der Waals surface area contributed by atoms with Gasteiger partial charge in [-0.25, -0.2) is 9.97 Å². The predicted octanol–water partition coefficient (Wildman–Crippen LogP) is 12.5. The maximum absolute atomic E-state index is 5.23. The fourth-order valence-corrected chi connectivity index (χ4v) is 7.63. The van der Waals surface area contributed by atoms with Crippen LogP contribution < -0.4 is 5.32 Å². The molecule has 2 aromatic heterocycles. The van der Waals surface area contributed by atoms with Crippen LogP contribution in [0.15, 0.2) is 188 Å². The summed E-state index contributed by atoms with van der Waals surface area (Å²) in [5.41, 5.74) is 14.3. The zero-order chi connectivity index (χ0) is 34.4. The number of benzene rings is 7. The van der Waals surface area contributed by atoms with Gasteiger partial charge < -0.3 is 5.32 Å². The zero-order valence-corrected chi connectivity index (χ0v) is 28.4. The molecular formula is C49H33N3. The van der Waals surface area contributed by atoms with Gasteiger partial charge in [0.2, 0.25) is 0 Å². The van der Waals surface area contributed by atoms with Crippen LogP contribution in [0.25, 0.3) is 71.8 Å². The Kier molecular flexibility index (Phi) is 7.21. The second-order valence-electron chi connectivity index (χ2n) is 13.5. The smallest absolute Gasteiger partial charge is 0.0972 e. The molecule has 244 valence electrons. The topological polar surface area (TPSA) is 37.8 Å². The summed E-state index contributed by atoms with van der Waals surface area (Å²) >= 11 is 0. The molecule has 0 bridgehead atoms. The third-order valence-corrected chi connectivity index (χ3v) is 10.3. The van der Waals surface area contributed by atoms with Gasteiger partial charge in [0.1, 0.15) is 0 Å². The SMILES string of the molecule is C1=C(c2ccccc2)c2c(ccc3cc(-c4cccc(-c5ccc6ccc7ccc(-c8ccccc8)nc7c6n5)c4)ccc23)NC1c1ccccc1. The number of nitrogens with zero attached hydrogens (tertiary/aromatic N) is 2. The number of aromatic nitrogens is 2. The number of fused-ring (bicyclic) bond motifs is 6. The van der Waals surface area contributed by atoms with Gasteiger partial charge in [0.25, 0.3) is 0 Å². The van der Waals surface area contributed by atoms with E-state index in [0.29, 0.717) is 0 Å². The van der Waals surface area contributed by atoms with Crippen LogP contribution in [0.1, 0.15) is 22.7 Å². The van der Waals surface area contributed by atoms with Crippen molar-refractivity contribution in [1.82, 2.24) is 9.97 Å². The van der Waals surface area contributed by atoms with E-state index in [-0.39, 0.29) is 6.04 Å². The molecule has 1 aliphatic heterocycles. The monoisotopic (exact) mass is 663 g/mol. The molecule has 3 heterocycles. The molecule has 7 aromatic carbocycles. The van der Waals surface area contributed by atoms with Crippen LogP contribution in [-0.4, -0.2) is 9.97 Å². The molecule has 0 saturated heterocycles. The van der Waals surface area contributed by atoms with Gasteiger partial charge >= 0.3 is 0 Å². The summed E-state index contributed by atoms with van der Waals surface area (Å²) in [7, 11) is 0. The van der Waals surface area contributed by atoms with E-state index >= 15 is 0 Å². The van der Waals surface area contributed by atoms with Crippen molar-refractivity contribution >= 4 is 43.8 Å². The molecule has 9 aromatic rings. The summed E-state index contributed by atoms with van der Waals surface area (Å²) in [6.45, 7) is 0. The van der Waals surface area contributed by atoms with Crippen LogP contribution >= 0.6 is 0 Å². The highest BCUT2D eigenvalue weighted by Crippen LogP contribution is 2.43. The summed E-state index contributed by atoms with van der Waals surface area (Å²) in [5, 5.41) is 8.43. The molecule has 0 amide bonds. The minimum Gasteiger partial charge on any atom is -0.374 e. The molecule has 1 aliphatic rings. The molecule has 10 rings (SSSR count). The predicted molar refractivity (Wildman–Crippen MR) is 217 cm³/mol. The lowest BCUT2D eigenvalue weighted by Gasteiger charge is -2.28. The maximum Gasteiger partial charge on any atom is 0.0972 e. The Morgan fingerprint density at radius 2 is 0.962 bits per heavy atom. The van der Waals surface area contributed by atoms with Crippen molar-refractivity contribution in [2.24, 2.45) is 0 Å². The Bertz CT molecular complexity index is 2810. The van der Waals surface area contributed by atoms with Crippen LogP contribution in [0.3, 0.4) is 0 Å². The summed E-state index contributed by atoms with van der Waals surface area (Å²) in [6, 6.07) is 64.7. The Labute approximate surface area is 302 Å². The second kappa shape index (κ2) is 12.5. The van der Waals surface area contributed by atoms with E-state index in [2.05, 4.69) is 187 Å². The van der Waals surface area contributed by atoms with Gasteiger partial charge in [0.05, 0.1) is 28.5 Å². The average Bonchev–Trinajstić information content (AvgIpc) is 3.23. The summed E-state index contributed by atoms with van der Waals surface area (Å²) < 4.78 is 0. The number of nitrogens with one attached hydrogen (secondary N) is 1. The quantitative estimate of drug-likeness (QED) is 0.186. The molecule has 0 spiro atoms. The van der Waals surface area contributed by atoms with Gasteiger partial charge in [0.15, 0.2) is 0 Å². The molecule has 0 saturated carbocycles. The summed E-state index contributed by atoms with van der Waals surface area (Å²) in [5.74, 6) is 0. The highest BCUT2D eigenvalue weighted by molar-refractivity contribution is 6.06. The Morgan fingerprint density at radius 3 is 1.67 bits per heavy atom. The average molecular weight is 664 g/mol. The first kappa shape index (κ1) is 30.0.